The highest BCUT2D eigenvalue weighted by Gasteiger charge is 2.22. The van der Waals surface area contributed by atoms with E-state index in [-0.39, 0.29) is 0 Å². The maximum atomic E-state index is 12.2. The Balaban J connectivity index is 2.03. The van der Waals surface area contributed by atoms with Crippen molar-refractivity contribution in [3.63, 3.8) is 0 Å². The lowest BCUT2D eigenvalue weighted by Crippen LogP contribution is -2.29. The van der Waals surface area contributed by atoms with Gasteiger partial charge in [0, 0.05) is 23.2 Å². The zero-order chi connectivity index (χ0) is 13.9. The minimum absolute atomic E-state index is 0.429. The third-order valence-corrected chi connectivity index (χ3v) is 7.66. The SMILES string of the molecule is CNCc1sc(S(=O)(=O)NCC2CCCS2)cc1C. The minimum atomic E-state index is -3.34. The molecule has 0 spiro atoms. The first-order valence-corrected chi connectivity index (χ1v) is 9.73. The molecule has 1 atom stereocenters. The van der Waals surface area contributed by atoms with Crippen LogP contribution in [-0.4, -0.2) is 33.0 Å². The molecule has 0 saturated carbocycles. The van der Waals surface area contributed by atoms with Crippen LogP contribution in [0, 0.1) is 6.92 Å². The highest BCUT2D eigenvalue weighted by molar-refractivity contribution is 8.00. The van der Waals surface area contributed by atoms with E-state index in [2.05, 4.69) is 10.0 Å². The van der Waals surface area contributed by atoms with E-state index < -0.39 is 10.0 Å². The second-order valence-corrected chi connectivity index (χ2v) is 9.23. The summed E-state index contributed by atoms with van der Waals surface area (Å²) in [6.45, 7) is 3.21. The van der Waals surface area contributed by atoms with Gasteiger partial charge in [-0.05, 0) is 44.2 Å². The molecule has 0 amide bonds. The molecule has 0 aliphatic carbocycles. The largest absolute Gasteiger partial charge is 0.315 e. The molecular weight excluding hydrogens is 300 g/mol. The third-order valence-electron chi connectivity index (χ3n) is 3.13. The predicted molar refractivity (Wildman–Crippen MR) is 82.5 cm³/mol. The lowest BCUT2D eigenvalue weighted by Gasteiger charge is -2.09. The van der Waals surface area contributed by atoms with Crippen LogP contribution in [0.15, 0.2) is 10.3 Å². The van der Waals surface area contributed by atoms with E-state index in [4.69, 9.17) is 0 Å². The van der Waals surface area contributed by atoms with Gasteiger partial charge in [-0.25, -0.2) is 13.1 Å². The Morgan fingerprint density at radius 2 is 2.26 bits per heavy atom. The van der Waals surface area contributed by atoms with Gasteiger partial charge in [-0.2, -0.15) is 11.8 Å². The van der Waals surface area contributed by atoms with Crippen LogP contribution in [-0.2, 0) is 16.6 Å². The van der Waals surface area contributed by atoms with Crippen LogP contribution in [0.3, 0.4) is 0 Å². The molecule has 1 unspecified atom stereocenters. The molecular formula is C12H20N2O2S3. The number of hydrogen-bond acceptors (Lipinski definition) is 5. The van der Waals surface area contributed by atoms with E-state index in [1.165, 1.54) is 17.8 Å². The van der Waals surface area contributed by atoms with Gasteiger partial charge in [0.1, 0.15) is 4.21 Å². The van der Waals surface area contributed by atoms with Crippen molar-refractivity contribution in [1.82, 2.24) is 10.0 Å². The maximum Gasteiger partial charge on any atom is 0.250 e. The molecule has 2 N–H and O–H groups in total. The third kappa shape index (κ3) is 3.95. The van der Waals surface area contributed by atoms with E-state index in [1.807, 2.05) is 25.7 Å². The van der Waals surface area contributed by atoms with Crippen molar-refractivity contribution in [3.05, 3.63) is 16.5 Å². The van der Waals surface area contributed by atoms with Crippen LogP contribution in [0.1, 0.15) is 23.3 Å². The smallest absolute Gasteiger partial charge is 0.250 e. The quantitative estimate of drug-likeness (QED) is 0.841. The number of thioether (sulfide) groups is 1. The van der Waals surface area contributed by atoms with Crippen LogP contribution < -0.4 is 10.0 Å². The van der Waals surface area contributed by atoms with Crippen LogP contribution in [0.5, 0.6) is 0 Å². The highest BCUT2D eigenvalue weighted by atomic mass is 32.2. The lowest BCUT2D eigenvalue weighted by atomic mass is 10.2. The normalized spacial score (nSPS) is 20.0. The van der Waals surface area contributed by atoms with Crippen molar-refractivity contribution >= 4 is 33.1 Å². The summed E-state index contributed by atoms with van der Waals surface area (Å²) in [4.78, 5) is 1.08. The lowest BCUT2D eigenvalue weighted by molar-refractivity contribution is 0.581. The first-order chi connectivity index (χ1) is 9.03. The van der Waals surface area contributed by atoms with Crippen molar-refractivity contribution in [3.8, 4) is 0 Å². The molecule has 2 heterocycles. The van der Waals surface area contributed by atoms with Crippen LogP contribution >= 0.6 is 23.1 Å². The molecule has 1 aromatic heterocycles. The van der Waals surface area contributed by atoms with Crippen LogP contribution in [0.4, 0.5) is 0 Å². The molecule has 4 nitrogen and oxygen atoms in total. The zero-order valence-corrected chi connectivity index (χ0v) is 13.7. The molecule has 0 radical (unpaired) electrons. The number of nitrogens with one attached hydrogen (secondary N) is 2. The average molecular weight is 321 g/mol. The van der Waals surface area contributed by atoms with Crippen molar-refractivity contribution < 1.29 is 8.42 Å². The monoisotopic (exact) mass is 320 g/mol. The molecule has 1 saturated heterocycles. The van der Waals surface area contributed by atoms with Gasteiger partial charge in [0.2, 0.25) is 10.0 Å². The fourth-order valence-corrected chi connectivity index (χ4v) is 6.07. The molecule has 1 aliphatic heterocycles. The van der Waals surface area contributed by atoms with Gasteiger partial charge in [0.15, 0.2) is 0 Å². The van der Waals surface area contributed by atoms with Crippen molar-refractivity contribution in [1.29, 1.82) is 0 Å². The second kappa shape index (κ2) is 6.58. The van der Waals surface area contributed by atoms with Gasteiger partial charge >= 0.3 is 0 Å². The summed E-state index contributed by atoms with van der Waals surface area (Å²) in [5.74, 6) is 1.15. The molecule has 108 valence electrons. The Bertz CT molecular complexity index is 519. The Hall–Kier alpha value is -0.0800. The Kier molecular flexibility index (Phi) is 5.30. The van der Waals surface area contributed by atoms with E-state index in [9.17, 15) is 8.42 Å². The van der Waals surface area contributed by atoms with E-state index in [0.717, 1.165) is 22.6 Å². The minimum Gasteiger partial charge on any atom is -0.315 e. The molecule has 0 bridgehead atoms. The fourth-order valence-electron chi connectivity index (χ4n) is 2.04. The molecule has 1 fully saturated rings. The Morgan fingerprint density at radius 3 is 2.89 bits per heavy atom. The maximum absolute atomic E-state index is 12.2. The molecule has 1 aromatic rings. The van der Waals surface area contributed by atoms with Gasteiger partial charge in [0.05, 0.1) is 0 Å². The highest BCUT2D eigenvalue weighted by Crippen LogP contribution is 2.28. The van der Waals surface area contributed by atoms with E-state index in [0.29, 0.717) is 22.5 Å². The Labute approximate surface area is 123 Å². The first kappa shape index (κ1) is 15.3. The summed E-state index contributed by atoms with van der Waals surface area (Å²) in [6, 6.07) is 1.77. The average Bonchev–Trinajstić information content (AvgIpc) is 2.98. The number of aryl methyl sites for hydroxylation is 1. The molecule has 19 heavy (non-hydrogen) atoms. The summed E-state index contributed by atoms with van der Waals surface area (Å²) in [7, 11) is -1.48. The van der Waals surface area contributed by atoms with Gasteiger partial charge in [-0.15, -0.1) is 11.3 Å². The van der Waals surface area contributed by atoms with Gasteiger partial charge in [0.25, 0.3) is 0 Å². The van der Waals surface area contributed by atoms with Gasteiger partial charge < -0.3 is 5.32 Å². The summed E-state index contributed by atoms with van der Waals surface area (Å²) >= 11 is 3.21. The van der Waals surface area contributed by atoms with Crippen LogP contribution in [0.2, 0.25) is 0 Å². The van der Waals surface area contributed by atoms with Crippen LogP contribution in [0.25, 0.3) is 0 Å². The number of rotatable bonds is 6. The summed E-state index contributed by atoms with van der Waals surface area (Å²) in [5.41, 5.74) is 1.04. The Morgan fingerprint density at radius 1 is 1.47 bits per heavy atom. The number of hydrogen-bond donors (Lipinski definition) is 2. The van der Waals surface area contributed by atoms with Crippen molar-refractivity contribution in [2.75, 3.05) is 19.3 Å². The zero-order valence-electron chi connectivity index (χ0n) is 11.2. The number of sulfonamides is 1. The molecule has 0 aromatic carbocycles. The van der Waals surface area contributed by atoms with Gasteiger partial charge in [-0.1, -0.05) is 0 Å². The van der Waals surface area contributed by atoms with E-state index >= 15 is 0 Å². The number of thiophene rings is 1. The summed E-state index contributed by atoms with van der Waals surface area (Å²) < 4.78 is 27.6. The topological polar surface area (TPSA) is 58.2 Å². The molecule has 1 aliphatic rings. The molecule has 2 rings (SSSR count). The second-order valence-electron chi connectivity index (χ2n) is 4.69. The van der Waals surface area contributed by atoms with Crippen molar-refractivity contribution in [2.24, 2.45) is 0 Å². The predicted octanol–water partition coefficient (Wildman–Crippen LogP) is 1.95. The van der Waals surface area contributed by atoms with Crippen molar-refractivity contribution in [2.45, 2.75) is 35.8 Å². The summed E-state index contributed by atoms with van der Waals surface area (Å²) in [6.07, 6.45) is 2.31. The standard InChI is InChI=1S/C12H20N2O2S3/c1-9-6-12(18-11(9)8-13-2)19(15,16)14-7-10-4-3-5-17-10/h6,10,13-14H,3-5,7-8H2,1-2H3. The van der Waals surface area contributed by atoms with Gasteiger partial charge in [-0.3, -0.25) is 0 Å². The fraction of sp³-hybridized carbons (Fsp3) is 0.667. The molecule has 7 heteroatoms. The first-order valence-electron chi connectivity index (χ1n) is 6.38. The van der Waals surface area contributed by atoms with E-state index in [1.54, 1.807) is 6.07 Å². The summed E-state index contributed by atoms with van der Waals surface area (Å²) in [5, 5.41) is 3.50.